The Bertz CT molecular complexity index is 1080. The summed E-state index contributed by atoms with van der Waals surface area (Å²) in [5.74, 6) is 0.747. The molecule has 2 heterocycles. The lowest BCUT2D eigenvalue weighted by Gasteiger charge is -2.13. The van der Waals surface area contributed by atoms with E-state index in [2.05, 4.69) is 81.2 Å². The van der Waals surface area contributed by atoms with Gasteiger partial charge in [0.1, 0.15) is 6.61 Å². The highest BCUT2D eigenvalue weighted by molar-refractivity contribution is 6.01. The zero-order valence-corrected chi connectivity index (χ0v) is 19.1. The Morgan fingerprint density at radius 2 is 1.71 bits per heavy atom. The summed E-state index contributed by atoms with van der Waals surface area (Å²) in [5, 5.41) is 0. The molecule has 3 aromatic rings. The second-order valence-corrected chi connectivity index (χ2v) is 9.09. The number of benzene rings is 2. The highest BCUT2D eigenvalue weighted by Crippen LogP contribution is 2.29. The van der Waals surface area contributed by atoms with Gasteiger partial charge in [0.05, 0.1) is 5.54 Å². The van der Waals surface area contributed by atoms with Crippen molar-refractivity contribution in [3.8, 4) is 11.1 Å². The molecule has 0 atom stereocenters. The first-order chi connectivity index (χ1) is 15.0. The minimum Gasteiger partial charge on any atom is -0.475 e. The van der Waals surface area contributed by atoms with E-state index >= 15 is 0 Å². The standard InChI is InChI=1S/C28H32N2O/c1-5-6-11-26-25(20(2)16-17-29-26)18-21-12-14-22(15-13-21)23-9-7-8-10-24(23)27-30-28(3,4)19-31-27/h7-10,12-17H,5-6,11,18-19H2,1-4H3. The molecular formula is C28H32N2O. The molecule has 1 aromatic heterocycles. The third-order valence-corrected chi connectivity index (χ3v) is 5.92. The van der Waals surface area contributed by atoms with Gasteiger partial charge in [-0.15, -0.1) is 0 Å². The third-order valence-electron chi connectivity index (χ3n) is 5.92. The number of rotatable bonds is 7. The van der Waals surface area contributed by atoms with Gasteiger partial charge in [0.25, 0.3) is 0 Å². The molecule has 1 aliphatic heterocycles. The minimum atomic E-state index is -0.163. The quantitative estimate of drug-likeness (QED) is 0.441. The van der Waals surface area contributed by atoms with Crippen LogP contribution in [-0.4, -0.2) is 23.0 Å². The molecule has 4 rings (SSSR count). The van der Waals surface area contributed by atoms with E-state index in [0.29, 0.717) is 6.61 Å². The molecule has 3 heteroatoms. The Labute approximate surface area is 186 Å². The van der Waals surface area contributed by atoms with Crippen LogP contribution >= 0.6 is 0 Å². The Kier molecular flexibility index (Phi) is 6.22. The molecule has 2 aromatic carbocycles. The molecule has 3 nitrogen and oxygen atoms in total. The molecule has 0 amide bonds. The number of unbranched alkanes of at least 4 members (excludes halogenated alkanes) is 1. The molecule has 0 aliphatic carbocycles. The van der Waals surface area contributed by atoms with Gasteiger partial charge in [-0.2, -0.15) is 0 Å². The Morgan fingerprint density at radius 3 is 2.39 bits per heavy atom. The Morgan fingerprint density at radius 1 is 0.968 bits per heavy atom. The van der Waals surface area contributed by atoms with E-state index in [1.165, 1.54) is 40.8 Å². The van der Waals surface area contributed by atoms with Crippen molar-refractivity contribution in [2.45, 2.75) is 58.9 Å². The lowest BCUT2D eigenvalue weighted by atomic mass is 9.94. The second-order valence-electron chi connectivity index (χ2n) is 9.09. The van der Waals surface area contributed by atoms with E-state index in [1.807, 2.05) is 12.3 Å². The summed E-state index contributed by atoms with van der Waals surface area (Å²) in [5.41, 5.74) is 8.50. The number of hydrogen-bond donors (Lipinski definition) is 0. The van der Waals surface area contributed by atoms with Crippen molar-refractivity contribution >= 4 is 5.90 Å². The van der Waals surface area contributed by atoms with Crippen molar-refractivity contribution < 1.29 is 4.74 Å². The maximum atomic E-state index is 5.92. The van der Waals surface area contributed by atoms with E-state index < -0.39 is 0 Å². The molecule has 31 heavy (non-hydrogen) atoms. The van der Waals surface area contributed by atoms with Crippen molar-refractivity contribution in [3.63, 3.8) is 0 Å². The summed E-state index contributed by atoms with van der Waals surface area (Å²) < 4.78 is 5.92. The number of aryl methyl sites for hydroxylation is 2. The van der Waals surface area contributed by atoms with Crippen molar-refractivity contribution in [1.29, 1.82) is 0 Å². The monoisotopic (exact) mass is 412 g/mol. The van der Waals surface area contributed by atoms with E-state index in [-0.39, 0.29) is 5.54 Å². The third kappa shape index (κ3) is 4.87. The molecule has 0 saturated carbocycles. The van der Waals surface area contributed by atoms with Gasteiger partial charge in [0, 0.05) is 17.5 Å². The Hall–Kier alpha value is -2.94. The van der Waals surface area contributed by atoms with E-state index in [0.717, 1.165) is 29.9 Å². The zero-order valence-electron chi connectivity index (χ0n) is 19.1. The van der Waals surface area contributed by atoms with Crippen LogP contribution in [0.1, 0.15) is 61.6 Å². The van der Waals surface area contributed by atoms with Gasteiger partial charge >= 0.3 is 0 Å². The summed E-state index contributed by atoms with van der Waals surface area (Å²) in [4.78, 5) is 9.46. The molecule has 0 unspecified atom stereocenters. The van der Waals surface area contributed by atoms with Crippen LogP contribution in [-0.2, 0) is 17.6 Å². The van der Waals surface area contributed by atoms with E-state index in [1.54, 1.807) is 0 Å². The van der Waals surface area contributed by atoms with Gasteiger partial charge in [-0.3, -0.25) is 4.98 Å². The number of pyridine rings is 1. The van der Waals surface area contributed by atoms with E-state index in [9.17, 15) is 0 Å². The predicted octanol–water partition coefficient (Wildman–Crippen LogP) is 6.55. The van der Waals surface area contributed by atoms with Gasteiger partial charge in [-0.1, -0.05) is 55.8 Å². The van der Waals surface area contributed by atoms with Crippen LogP contribution in [0.15, 0.2) is 65.8 Å². The summed E-state index contributed by atoms with van der Waals surface area (Å²) in [6, 6.07) is 19.4. The van der Waals surface area contributed by atoms with E-state index in [4.69, 9.17) is 9.73 Å². The van der Waals surface area contributed by atoms with Gasteiger partial charge in [-0.25, -0.2) is 4.99 Å². The van der Waals surface area contributed by atoms with Crippen molar-refractivity contribution in [1.82, 2.24) is 4.98 Å². The summed E-state index contributed by atoms with van der Waals surface area (Å²) in [6.07, 6.45) is 6.29. The Balaban J connectivity index is 1.60. The van der Waals surface area contributed by atoms with Gasteiger partial charge in [0.2, 0.25) is 5.90 Å². The number of hydrogen-bond acceptors (Lipinski definition) is 3. The molecule has 0 saturated heterocycles. The fourth-order valence-electron chi connectivity index (χ4n) is 4.10. The minimum absolute atomic E-state index is 0.163. The topological polar surface area (TPSA) is 34.5 Å². The number of aromatic nitrogens is 1. The van der Waals surface area contributed by atoms with Crippen LogP contribution in [0.5, 0.6) is 0 Å². The first kappa shape index (κ1) is 21.3. The smallest absolute Gasteiger partial charge is 0.217 e. The van der Waals surface area contributed by atoms with Crippen LogP contribution in [0.25, 0.3) is 11.1 Å². The molecule has 0 N–H and O–H groups in total. The van der Waals surface area contributed by atoms with Crippen LogP contribution < -0.4 is 0 Å². The highest BCUT2D eigenvalue weighted by atomic mass is 16.5. The SMILES string of the molecule is CCCCc1nccc(C)c1Cc1ccc(-c2ccccc2C2=NC(C)(C)CO2)cc1. The average Bonchev–Trinajstić information content (AvgIpc) is 3.14. The van der Waals surface area contributed by atoms with Crippen molar-refractivity contribution in [2.24, 2.45) is 4.99 Å². The number of nitrogens with zero attached hydrogens (tertiary/aromatic N) is 2. The molecule has 0 spiro atoms. The first-order valence-corrected chi connectivity index (χ1v) is 11.3. The van der Waals surface area contributed by atoms with Crippen LogP contribution in [0, 0.1) is 6.92 Å². The molecule has 0 fully saturated rings. The lowest BCUT2D eigenvalue weighted by molar-refractivity contribution is 0.279. The first-order valence-electron chi connectivity index (χ1n) is 11.3. The van der Waals surface area contributed by atoms with Gasteiger partial charge < -0.3 is 4.74 Å². The number of aliphatic imine (C=N–C) groups is 1. The largest absolute Gasteiger partial charge is 0.475 e. The second kappa shape index (κ2) is 9.05. The fourth-order valence-corrected chi connectivity index (χ4v) is 4.10. The number of ether oxygens (including phenoxy) is 1. The normalized spacial score (nSPS) is 14.9. The summed E-state index contributed by atoms with van der Waals surface area (Å²) >= 11 is 0. The molecule has 160 valence electrons. The fraction of sp³-hybridized carbons (Fsp3) is 0.357. The zero-order chi connectivity index (χ0) is 21.8. The van der Waals surface area contributed by atoms with Gasteiger partial charge in [-0.05, 0) is 80.0 Å². The van der Waals surface area contributed by atoms with Crippen molar-refractivity contribution in [3.05, 3.63) is 88.7 Å². The predicted molar refractivity (Wildman–Crippen MR) is 129 cm³/mol. The average molecular weight is 413 g/mol. The maximum absolute atomic E-state index is 5.92. The lowest BCUT2D eigenvalue weighted by Crippen LogP contribution is -2.17. The maximum Gasteiger partial charge on any atom is 0.217 e. The molecule has 0 bridgehead atoms. The van der Waals surface area contributed by atoms with Crippen LogP contribution in [0.2, 0.25) is 0 Å². The summed E-state index contributed by atoms with van der Waals surface area (Å²) in [6.45, 7) is 9.26. The van der Waals surface area contributed by atoms with Gasteiger partial charge in [0.15, 0.2) is 0 Å². The van der Waals surface area contributed by atoms with Crippen LogP contribution in [0.4, 0.5) is 0 Å². The molecule has 1 aliphatic rings. The molecule has 0 radical (unpaired) electrons. The van der Waals surface area contributed by atoms with Crippen molar-refractivity contribution in [2.75, 3.05) is 6.61 Å². The highest BCUT2D eigenvalue weighted by Gasteiger charge is 2.28. The van der Waals surface area contributed by atoms with Crippen LogP contribution in [0.3, 0.4) is 0 Å². The molecular weight excluding hydrogens is 380 g/mol. The summed E-state index contributed by atoms with van der Waals surface area (Å²) in [7, 11) is 0.